The normalized spacial score (nSPS) is 15.2. The highest BCUT2D eigenvalue weighted by atomic mass is 35.5. The molecule has 0 aromatic heterocycles. The number of benzene rings is 1. The van der Waals surface area contributed by atoms with Crippen molar-refractivity contribution < 1.29 is 19.1 Å². The molecule has 0 spiro atoms. The number of imide groups is 1. The van der Waals surface area contributed by atoms with E-state index in [1.165, 1.54) is 6.07 Å². The number of halogens is 1. The van der Waals surface area contributed by atoms with Gasteiger partial charge in [0.1, 0.15) is 13.2 Å². The fraction of sp³-hybridized carbons (Fsp3) is 0.308. The molecule has 3 N–H and O–H groups in total. The van der Waals surface area contributed by atoms with E-state index >= 15 is 0 Å². The van der Waals surface area contributed by atoms with Crippen LogP contribution in [0, 0.1) is 0 Å². The van der Waals surface area contributed by atoms with E-state index in [1.54, 1.807) is 12.1 Å². The first-order valence-electron chi connectivity index (χ1n) is 6.23. The standard InChI is InChI=1S/C13H14ClN3O4/c14-8-1-2-9(15)10(5-8)16-11(18)3-4-17-12(19)6-21-7-13(17)20/h1-2,5H,3-4,6-7,15H2,(H,16,18). The molecule has 2 rings (SSSR count). The Bertz CT molecular complexity index is 575. The van der Waals surface area contributed by atoms with Crippen molar-refractivity contribution in [3.8, 4) is 0 Å². The number of rotatable bonds is 4. The fourth-order valence-electron chi connectivity index (χ4n) is 1.83. The molecule has 21 heavy (non-hydrogen) atoms. The van der Waals surface area contributed by atoms with Crippen molar-refractivity contribution in [3.05, 3.63) is 23.2 Å². The van der Waals surface area contributed by atoms with Gasteiger partial charge in [-0.25, -0.2) is 0 Å². The molecule has 1 aromatic carbocycles. The number of carbonyl (C=O) groups is 3. The van der Waals surface area contributed by atoms with Crippen LogP contribution >= 0.6 is 11.6 Å². The van der Waals surface area contributed by atoms with E-state index in [0.29, 0.717) is 16.4 Å². The first-order chi connectivity index (χ1) is 9.97. The van der Waals surface area contributed by atoms with E-state index < -0.39 is 11.8 Å². The van der Waals surface area contributed by atoms with E-state index in [0.717, 1.165) is 4.90 Å². The lowest BCUT2D eigenvalue weighted by molar-refractivity contribution is -0.158. The highest BCUT2D eigenvalue weighted by Gasteiger charge is 2.26. The lowest BCUT2D eigenvalue weighted by Gasteiger charge is -2.24. The molecule has 8 heteroatoms. The van der Waals surface area contributed by atoms with Crippen molar-refractivity contribution in [1.29, 1.82) is 0 Å². The van der Waals surface area contributed by atoms with Gasteiger partial charge in [0.2, 0.25) is 5.91 Å². The van der Waals surface area contributed by atoms with E-state index in [2.05, 4.69) is 5.32 Å². The molecule has 3 amide bonds. The van der Waals surface area contributed by atoms with Crippen LogP contribution in [0.25, 0.3) is 0 Å². The molecule has 0 saturated carbocycles. The van der Waals surface area contributed by atoms with Gasteiger partial charge in [0.25, 0.3) is 11.8 Å². The number of morpholine rings is 1. The van der Waals surface area contributed by atoms with Crippen LogP contribution < -0.4 is 11.1 Å². The first-order valence-corrected chi connectivity index (χ1v) is 6.61. The second-order valence-corrected chi connectivity index (χ2v) is 4.90. The van der Waals surface area contributed by atoms with E-state index in [1.807, 2.05) is 0 Å². The van der Waals surface area contributed by atoms with Crippen molar-refractivity contribution in [3.63, 3.8) is 0 Å². The largest absolute Gasteiger partial charge is 0.397 e. The SMILES string of the molecule is Nc1ccc(Cl)cc1NC(=O)CCN1C(=O)COCC1=O. The second-order valence-electron chi connectivity index (χ2n) is 4.46. The highest BCUT2D eigenvalue weighted by Crippen LogP contribution is 2.23. The number of ether oxygens (including phenoxy) is 1. The zero-order valence-corrected chi connectivity index (χ0v) is 11.9. The zero-order chi connectivity index (χ0) is 15.4. The Morgan fingerprint density at radius 1 is 1.33 bits per heavy atom. The Hall–Kier alpha value is -2.12. The number of nitrogens with zero attached hydrogens (tertiary/aromatic N) is 1. The van der Waals surface area contributed by atoms with Crippen LogP contribution in [-0.4, -0.2) is 42.4 Å². The molecular weight excluding hydrogens is 298 g/mol. The number of hydrogen-bond acceptors (Lipinski definition) is 5. The topological polar surface area (TPSA) is 102 Å². The number of carbonyl (C=O) groups excluding carboxylic acids is 3. The van der Waals surface area contributed by atoms with E-state index in [9.17, 15) is 14.4 Å². The van der Waals surface area contributed by atoms with E-state index in [4.69, 9.17) is 22.1 Å². The molecule has 7 nitrogen and oxygen atoms in total. The summed E-state index contributed by atoms with van der Waals surface area (Å²) >= 11 is 5.82. The molecule has 1 aromatic rings. The summed E-state index contributed by atoms with van der Waals surface area (Å²) in [5, 5.41) is 3.03. The van der Waals surface area contributed by atoms with Gasteiger partial charge < -0.3 is 15.8 Å². The van der Waals surface area contributed by atoms with Crippen LogP contribution in [0.15, 0.2) is 18.2 Å². The molecule has 112 valence electrons. The van der Waals surface area contributed by atoms with Gasteiger partial charge in [-0.1, -0.05) is 11.6 Å². The molecule has 1 fully saturated rings. The van der Waals surface area contributed by atoms with Gasteiger partial charge >= 0.3 is 0 Å². The maximum absolute atomic E-state index is 11.8. The van der Waals surface area contributed by atoms with Crippen LogP contribution in [0.1, 0.15) is 6.42 Å². The van der Waals surface area contributed by atoms with Crippen molar-refractivity contribution in [2.24, 2.45) is 0 Å². The predicted octanol–water partition coefficient (Wildman–Crippen LogP) is 0.636. The number of nitrogens with two attached hydrogens (primary N) is 1. The fourth-order valence-corrected chi connectivity index (χ4v) is 2.00. The maximum Gasteiger partial charge on any atom is 0.255 e. The molecule has 0 atom stereocenters. The number of amides is 3. The third-order valence-corrected chi connectivity index (χ3v) is 3.14. The third-order valence-electron chi connectivity index (χ3n) is 2.91. The van der Waals surface area contributed by atoms with Crippen LogP contribution in [0.3, 0.4) is 0 Å². The summed E-state index contributed by atoms with van der Waals surface area (Å²) in [4.78, 5) is 35.8. The minimum Gasteiger partial charge on any atom is -0.397 e. The lowest BCUT2D eigenvalue weighted by atomic mass is 10.2. The van der Waals surface area contributed by atoms with Crippen molar-refractivity contribution in [1.82, 2.24) is 4.90 Å². The first kappa shape index (κ1) is 15.3. The van der Waals surface area contributed by atoms with Crippen molar-refractivity contribution in [2.45, 2.75) is 6.42 Å². The summed E-state index contributed by atoms with van der Waals surface area (Å²) in [5.74, 6) is -1.25. The molecular formula is C13H14ClN3O4. The van der Waals surface area contributed by atoms with Crippen LogP contribution in [0.2, 0.25) is 5.02 Å². The van der Waals surface area contributed by atoms with Gasteiger partial charge in [-0.2, -0.15) is 0 Å². The molecule has 1 aliphatic rings. The summed E-state index contributed by atoms with van der Waals surface area (Å²) in [6.45, 7) is -0.281. The molecule has 0 radical (unpaired) electrons. The summed E-state index contributed by atoms with van der Waals surface area (Å²) < 4.78 is 4.78. The average Bonchev–Trinajstić information content (AvgIpc) is 2.42. The van der Waals surface area contributed by atoms with Gasteiger partial charge in [-0.05, 0) is 18.2 Å². The van der Waals surface area contributed by atoms with Crippen LogP contribution in [0.4, 0.5) is 11.4 Å². The minimum absolute atomic E-state index is 0.00727. The van der Waals surface area contributed by atoms with Gasteiger partial charge in [0.15, 0.2) is 0 Å². The number of anilines is 2. The monoisotopic (exact) mass is 311 g/mol. The Balaban J connectivity index is 1.91. The van der Waals surface area contributed by atoms with Gasteiger partial charge in [0, 0.05) is 18.0 Å². The molecule has 1 saturated heterocycles. The third kappa shape index (κ3) is 3.93. The molecule has 1 heterocycles. The molecule has 0 bridgehead atoms. The van der Waals surface area contributed by atoms with Crippen LogP contribution in [0.5, 0.6) is 0 Å². The second kappa shape index (κ2) is 6.55. The summed E-state index contributed by atoms with van der Waals surface area (Å²) in [6, 6.07) is 4.71. The minimum atomic E-state index is -0.443. The number of nitrogens with one attached hydrogen (secondary N) is 1. The maximum atomic E-state index is 11.8. The van der Waals surface area contributed by atoms with E-state index in [-0.39, 0.29) is 32.1 Å². The van der Waals surface area contributed by atoms with Crippen molar-refractivity contribution >= 4 is 40.7 Å². The Morgan fingerprint density at radius 3 is 2.67 bits per heavy atom. The molecule has 0 aliphatic carbocycles. The zero-order valence-electron chi connectivity index (χ0n) is 11.1. The Morgan fingerprint density at radius 2 is 2.00 bits per heavy atom. The summed E-state index contributed by atoms with van der Waals surface area (Å²) in [6.07, 6.45) is -0.0244. The Kier molecular flexibility index (Phi) is 4.77. The van der Waals surface area contributed by atoms with Gasteiger partial charge in [0.05, 0.1) is 11.4 Å². The summed E-state index contributed by atoms with van der Waals surface area (Å²) in [5.41, 5.74) is 6.49. The smallest absolute Gasteiger partial charge is 0.255 e. The van der Waals surface area contributed by atoms with Gasteiger partial charge in [-0.15, -0.1) is 0 Å². The molecule has 0 unspecified atom stereocenters. The highest BCUT2D eigenvalue weighted by molar-refractivity contribution is 6.31. The summed E-state index contributed by atoms with van der Waals surface area (Å²) in [7, 11) is 0. The average molecular weight is 312 g/mol. The van der Waals surface area contributed by atoms with Crippen LogP contribution in [-0.2, 0) is 19.1 Å². The lowest BCUT2D eigenvalue weighted by Crippen LogP contribution is -2.47. The number of hydrogen-bond donors (Lipinski definition) is 2. The van der Waals surface area contributed by atoms with Crippen molar-refractivity contribution in [2.75, 3.05) is 30.8 Å². The Labute approximate surface area is 126 Å². The predicted molar refractivity (Wildman–Crippen MR) is 76.7 cm³/mol. The number of nitrogen functional groups attached to an aromatic ring is 1. The van der Waals surface area contributed by atoms with Gasteiger partial charge in [-0.3, -0.25) is 19.3 Å². The molecule has 1 aliphatic heterocycles. The quantitative estimate of drug-likeness (QED) is 0.627.